The monoisotopic (exact) mass is 471 g/mol. The van der Waals surface area contributed by atoms with Crippen LogP contribution in [0, 0.1) is 0 Å². The number of benzene rings is 3. The van der Waals surface area contributed by atoms with Crippen molar-refractivity contribution in [3.05, 3.63) is 88.5 Å². The largest absolute Gasteiger partial charge is 0.507 e. The number of rotatable bonds is 6. The van der Waals surface area contributed by atoms with E-state index in [1.807, 2.05) is 60.0 Å². The van der Waals surface area contributed by atoms with Gasteiger partial charge in [0, 0.05) is 16.3 Å². The minimum Gasteiger partial charge on any atom is -0.507 e. The second-order valence-corrected chi connectivity index (χ2v) is 8.18. The van der Waals surface area contributed by atoms with Crippen LogP contribution in [0.15, 0.2) is 92.7 Å². The van der Waals surface area contributed by atoms with E-state index in [2.05, 4.69) is 5.10 Å². The normalized spacial score (nSPS) is 12.0. The summed E-state index contributed by atoms with van der Waals surface area (Å²) in [6.07, 6.45) is 1.57. The van der Waals surface area contributed by atoms with E-state index in [0.29, 0.717) is 21.9 Å². The Bertz CT molecular complexity index is 1510. The van der Waals surface area contributed by atoms with E-state index in [1.165, 1.54) is 11.3 Å². The number of methoxy groups -OCH3 is 2. The molecule has 2 aromatic heterocycles. The molecular formula is C26H21N3O4S. The topological polar surface area (TPSA) is 81.5 Å². The highest BCUT2D eigenvalue weighted by atomic mass is 32.1. The molecule has 2 heterocycles. The molecule has 0 bridgehead atoms. The van der Waals surface area contributed by atoms with E-state index in [4.69, 9.17) is 18.9 Å². The number of ether oxygens (including phenoxy) is 2. The average Bonchev–Trinajstić information content (AvgIpc) is 3.47. The molecule has 0 aliphatic heterocycles. The zero-order valence-corrected chi connectivity index (χ0v) is 19.3. The van der Waals surface area contributed by atoms with Gasteiger partial charge in [-0.25, -0.2) is 9.67 Å². The molecule has 5 rings (SSSR count). The summed E-state index contributed by atoms with van der Waals surface area (Å²) in [5.74, 6) is 2.14. The Kier molecular flexibility index (Phi) is 5.88. The summed E-state index contributed by atoms with van der Waals surface area (Å²) in [4.78, 5) is 5.41. The number of hydrogen-bond acceptors (Lipinski definition) is 7. The number of phenols is 1. The number of thiazole rings is 1. The third-order valence-corrected chi connectivity index (χ3v) is 6.02. The molecule has 7 nitrogen and oxygen atoms in total. The Hall–Kier alpha value is -4.30. The lowest BCUT2D eigenvalue weighted by Gasteiger charge is -2.04. The third kappa shape index (κ3) is 4.31. The molecule has 0 atom stereocenters. The van der Waals surface area contributed by atoms with Crippen LogP contribution in [0.4, 0.5) is 5.69 Å². The minimum atomic E-state index is 0.0966. The first kappa shape index (κ1) is 21.5. The van der Waals surface area contributed by atoms with Gasteiger partial charge in [-0.05, 0) is 54.6 Å². The lowest BCUT2D eigenvalue weighted by Crippen LogP contribution is -2.11. The third-order valence-electron chi connectivity index (χ3n) is 5.21. The molecule has 0 radical (unpaired) electrons. The van der Waals surface area contributed by atoms with Crippen LogP contribution in [0.25, 0.3) is 22.4 Å². The van der Waals surface area contributed by atoms with Crippen molar-refractivity contribution in [3.8, 4) is 28.7 Å². The molecule has 1 N–H and O–H groups in total. The average molecular weight is 472 g/mol. The number of hydrogen-bond donors (Lipinski definition) is 1. The maximum Gasteiger partial charge on any atom is 0.211 e. The maximum atomic E-state index is 10.3. The molecule has 3 aromatic carbocycles. The predicted octanol–water partition coefficient (Wildman–Crippen LogP) is 5.80. The van der Waals surface area contributed by atoms with E-state index in [-0.39, 0.29) is 5.75 Å². The first-order valence-corrected chi connectivity index (χ1v) is 11.3. The molecule has 170 valence electrons. The fourth-order valence-electron chi connectivity index (χ4n) is 3.42. The first-order chi connectivity index (χ1) is 16.6. The van der Waals surface area contributed by atoms with Crippen LogP contribution in [0.2, 0.25) is 0 Å². The van der Waals surface area contributed by atoms with Gasteiger partial charge >= 0.3 is 0 Å². The number of aromatic hydroxyl groups is 1. The summed E-state index contributed by atoms with van der Waals surface area (Å²) in [5.41, 5.74) is 2.81. The highest BCUT2D eigenvalue weighted by Gasteiger charge is 2.13. The number of aromatic nitrogens is 1. The Morgan fingerprint density at radius 1 is 0.941 bits per heavy atom. The summed E-state index contributed by atoms with van der Waals surface area (Å²) in [7, 11) is 3.20. The Morgan fingerprint density at radius 2 is 1.71 bits per heavy atom. The number of furan rings is 1. The smallest absolute Gasteiger partial charge is 0.211 e. The summed E-state index contributed by atoms with van der Waals surface area (Å²) in [5, 5.41) is 17.9. The quantitative estimate of drug-likeness (QED) is 0.317. The SMILES string of the molecule is COc1ccc(N=c2scc(-c3cc4ccccc4o3)n2N=Cc2cc(OC)ccc2O)cc1. The van der Waals surface area contributed by atoms with Crippen LogP contribution in [0.3, 0.4) is 0 Å². The molecule has 0 amide bonds. The van der Waals surface area contributed by atoms with Gasteiger partial charge in [-0.1, -0.05) is 18.2 Å². The van der Waals surface area contributed by atoms with Gasteiger partial charge in [0.2, 0.25) is 4.80 Å². The van der Waals surface area contributed by atoms with Gasteiger partial charge in [-0.3, -0.25) is 0 Å². The van der Waals surface area contributed by atoms with Gasteiger partial charge in [-0.15, -0.1) is 11.3 Å². The van der Waals surface area contributed by atoms with E-state index in [1.54, 1.807) is 43.3 Å². The first-order valence-electron chi connectivity index (χ1n) is 10.4. The number of phenolic OH excluding ortho intramolecular Hbond substituents is 1. The zero-order chi connectivity index (χ0) is 23.5. The summed E-state index contributed by atoms with van der Waals surface area (Å²) < 4.78 is 18.3. The van der Waals surface area contributed by atoms with E-state index in [0.717, 1.165) is 28.1 Å². The Balaban J connectivity index is 1.64. The molecule has 0 aliphatic rings. The van der Waals surface area contributed by atoms with Gasteiger partial charge in [-0.2, -0.15) is 5.10 Å². The lowest BCUT2D eigenvalue weighted by atomic mass is 10.2. The van der Waals surface area contributed by atoms with Crippen molar-refractivity contribution in [2.24, 2.45) is 10.1 Å². The van der Waals surface area contributed by atoms with Crippen molar-refractivity contribution in [3.63, 3.8) is 0 Å². The molecule has 0 aliphatic carbocycles. The van der Waals surface area contributed by atoms with Crippen LogP contribution in [0.1, 0.15) is 5.56 Å². The zero-order valence-electron chi connectivity index (χ0n) is 18.5. The number of para-hydroxylation sites is 1. The van der Waals surface area contributed by atoms with Gasteiger partial charge in [0.15, 0.2) is 5.76 Å². The van der Waals surface area contributed by atoms with E-state index >= 15 is 0 Å². The molecule has 5 aromatic rings. The maximum absolute atomic E-state index is 10.3. The number of nitrogens with zero attached hydrogens (tertiary/aromatic N) is 3. The molecule has 0 unspecified atom stereocenters. The standard InChI is InChI=1S/C26H21N3O4S/c1-31-20-9-7-19(8-10-20)28-26-29(27-15-18-13-21(32-2)11-12-23(18)30)22(16-34-26)25-14-17-5-3-4-6-24(17)33-25/h3-16,30H,1-2H3. The van der Waals surface area contributed by atoms with Gasteiger partial charge in [0.1, 0.15) is 28.5 Å². The fraction of sp³-hybridized carbons (Fsp3) is 0.0769. The van der Waals surface area contributed by atoms with Crippen molar-refractivity contribution >= 4 is 34.2 Å². The number of fused-ring (bicyclic) bond motifs is 1. The highest BCUT2D eigenvalue weighted by Crippen LogP contribution is 2.29. The predicted molar refractivity (Wildman–Crippen MR) is 133 cm³/mol. The Labute approximate surface area is 199 Å². The molecule has 0 saturated heterocycles. The molecule has 0 spiro atoms. The fourth-order valence-corrected chi connectivity index (χ4v) is 4.25. The van der Waals surface area contributed by atoms with Crippen LogP contribution >= 0.6 is 11.3 Å². The van der Waals surface area contributed by atoms with Crippen LogP contribution in [0.5, 0.6) is 17.2 Å². The molecular weight excluding hydrogens is 450 g/mol. The van der Waals surface area contributed by atoms with E-state index in [9.17, 15) is 5.11 Å². The van der Waals surface area contributed by atoms with E-state index < -0.39 is 0 Å². The van der Waals surface area contributed by atoms with Gasteiger partial charge in [0.05, 0.1) is 26.1 Å². The van der Waals surface area contributed by atoms with Crippen molar-refractivity contribution in [1.82, 2.24) is 4.68 Å². The molecule has 0 fully saturated rings. The Morgan fingerprint density at radius 3 is 2.47 bits per heavy atom. The van der Waals surface area contributed by atoms with Crippen LogP contribution in [-0.4, -0.2) is 30.2 Å². The summed E-state index contributed by atoms with van der Waals surface area (Å²) in [6, 6.07) is 22.2. The van der Waals surface area contributed by atoms with Gasteiger partial charge in [0.25, 0.3) is 0 Å². The minimum absolute atomic E-state index is 0.0966. The van der Waals surface area contributed by atoms with Crippen molar-refractivity contribution in [2.45, 2.75) is 0 Å². The second-order valence-electron chi connectivity index (χ2n) is 7.34. The summed E-state index contributed by atoms with van der Waals surface area (Å²) in [6.45, 7) is 0. The van der Waals surface area contributed by atoms with Crippen molar-refractivity contribution in [1.29, 1.82) is 0 Å². The molecule has 8 heteroatoms. The van der Waals surface area contributed by atoms with Crippen molar-refractivity contribution < 1.29 is 19.0 Å². The molecule has 34 heavy (non-hydrogen) atoms. The second kappa shape index (κ2) is 9.29. The summed E-state index contributed by atoms with van der Waals surface area (Å²) >= 11 is 1.44. The van der Waals surface area contributed by atoms with Crippen molar-refractivity contribution in [2.75, 3.05) is 14.2 Å². The highest BCUT2D eigenvalue weighted by molar-refractivity contribution is 7.07. The van der Waals surface area contributed by atoms with Gasteiger partial charge < -0.3 is 19.0 Å². The molecule has 0 saturated carbocycles. The van der Waals surface area contributed by atoms with Crippen LogP contribution < -0.4 is 14.3 Å². The lowest BCUT2D eigenvalue weighted by molar-refractivity contribution is 0.412. The van der Waals surface area contributed by atoms with Crippen LogP contribution in [-0.2, 0) is 0 Å².